The van der Waals surface area contributed by atoms with Crippen LogP contribution in [0.25, 0.3) is 0 Å². The summed E-state index contributed by atoms with van der Waals surface area (Å²) in [5.41, 5.74) is -1.49. The van der Waals surface area contributed by atoms with E-state index in [0.29, 0.717) is 0 Å². The second-order valence-corrected chi connectivity index (χ2v) is 3.72. The number of carbonyl (C=O) groups excluding carboxylic acids is 3. The van der Waals surface area contributed by atoms with E-state index in [1.54, 1.807) is 0 Å². The molecule has 1 rings (SSSR count). The first-order valence-corrected chi connectivity index (χ1v) is 5.53. The van der Waals surface area contributed by atoms with Crippen molar-refractivity contribution in [1.82, 2.24) is 0 Å². The van der Waals surface area contributed by atoms with Crippen molar-refractivity contribution in [2.45, 2.75) is 0 Å². The number of aromatic carboxylic acids is 1. The first kappa shape index (κ1) is 16.2. The molecule has 0 heterocycles. The fourth-order valence-corrected chi connectivity index (χ4v) is 1.61. The standard InChI is InChI=1S/C13H12O8/c1-19-11(16)7-5-9(13(18)21-3)8(12(17)20-2)4-6(7)10(14)15/h4-5H,1-3H3,(H,14,15). The summed E-state index contributed by atoms with van der Waals surface area (Å²) >= 11 is 0. The summed E-state index contributed by atoms with van der Waals surface area (Å²) in [6.07, 6.45) is 0. The minimum absolute atomic E-state index is 0.297. The highest BCUT2D eigenvalue weighted by Crippen LogP contribution is 2.20. The summed E-state index contributed by atoms with van der Waals surface area (Å²) in [5, 5.41) is 9.10. The number of rotatable bonds is 4. The van der Waals surface area contributed by atoms with Gasteiger partial charge < -0.3 is 19.3 Å². The van der Waals surface area contributed by atoms with Gasteiger partial charge in [-0.05, 0) is 12.1 Å². The maximum atomic E-state index is 11.7. The van der Waals surface area contributed by atoms with Crippen LogP contribution in [0, 0.1) is 0 Å². The molecule has 0 amide bonds. The van der Waals surface area contributed by atoms with Crippen LogP contribution in [-0.2, 0) is 14.2 Å². The number of methoxy groups -OCH3 is 3. The van der Waals surface area contributed by atoms with E-state index < -0.39 is 29.4 Å². The Kier molecular flexibility index (Phi) is 5.01. The fraction of sp³-hybridized carbons (Fsp3) is 0.231. The second kappa shape index (κ2) is 6.51. The van der Waals surface area contributed by atoms with Gasteiger partial charge in [0.2, 0.25) is 0 Å². The molecular formula is C13H12O8. The molecule has 8 heteroatoms. The summed E-state index contributed by atoms with van der Waals surface area (Å²) in [5.74, 6) is -4.28. The van der Waals surface area contributed by atoms with Crippen LogP contribution in [0.5, 0.6) is 0 Å². The lowest BCUT2D eigenvalue weighted by Crippen LogP contribution is -2.18. The van der Waals surface area contributed by atoms with Gasteiger partial charge in [0.25, 0.3) is 0 Å². The highest BCUT2D eigenvalue weighted by molar-refractivity contribution is 6.10. The quantitative estimate of drug-likeness (QED) is 0.639. The maximum absolute atomic E-state index is 11.7. The van der Waals surface area contributed by atoms with Crippen molar-refractivity contribution in [1.29, 1.82) is 0 Å². The lowest BCUT2D eigenvalue weighted by molar-refractivity contribution is 0.0549. The van der Waals surface area contributed by atoms with Gasteiger partial charge in [-0.25, -0.2) is 19.2 Å². The second-order valence-electron chi connectivity index (χ2n) is 3.72. The number of hydrogen-bond acceptors (Lipinski definition) is 7. The number of carboxylic acid groups (broad SMARTS) is 1. The highest BCUT2D eigenvalue weighted by Gasteiger charge is 2.26. The van der Waals surface area contributed by atoms with Gasteiger partial charge in [-0.2, -0.15) is 0 Å². The van der Waals surface area contributed by atoms with E-state index in [2.05, 4.69) is 14.2 Å². The molecule has 0 bridgehead atoms. The number of esters is 3. The molecule has 0 aromatic heterocycles. The molecule has 0 saturated heterocycles. The normalized spacial score (nSPS) is 9.67. The van der Waals surface area contributed by atoms with Crippen LogP contribution < -0.4 is 0 Å². The average Bonchev–Trinajstić information content (AvgIpc) is 2.50. The van der Waals surface area contributed by atoms with Crippen LogP contribution in [0.1, 0.15) is 41.4 Å². The summed E-state index contributed by atoms with van der Waals surface area (Å²) in [7, 11) is 3.20. The van der Waals surface area contributed by atoms with Gasteiger partial charge in [0, 0.05) is 0 Å². The van der Waals surface area contributed by atoms with Crippen LogP contribution in [0.3, 0.4) is 0 Å². The topological polar surface area (TPSA) is 116 Å². The van der Waals surface area contributed by atoms with Gasteiger partial charge in [-0.3, -0.25) is 0 Å². The average molecular weight is 296 g/mol. The predicted molar refractivity (Wildman–Crippen MR) is 67.4 cm³/mol. The largest absolute Gasteiger partial charge is 0.478 e. The van der Waals surface area contributed by atoms with Crippen LogP contribution in [-0.4, -0.2) is 50.3 Å². The zero-order chi connectivity index (χ0) is 16.2. The molecule has 0 atom stereocenters. The van der Waals surface area contributed by atoms with Crippen molar-refractivity contribution < 1.29 is 38.5 Å². The van der Waals surface area contributed by atoms with Crippen LogP contribution in [0.15, 0.2) is 12.1 Å². The summed E-state index contributed by atoms with van der Waals surface area (Å²) in [6.45, 7) is 0. The zero-order valence-corrected chi connectivity index (χ0v) is 11.5. The third-order valence-corrected chi connectivity index (χ3v) is 2.60. The smallest absolute Gasteiger partial charge is 0.338 e. The minimum Gasteiger partial charge on any atom is -0.478 e. The lowest BCUT2D eigenvalue weighted by atomic mass is 9.98. The van der Waals surface area contributed by atoms with Crippen molar-refractivity contribution >= 4 is 23.9 Å². The number of ether oxygens (including phenoxy) is 3. The third kappa shape index (κ3) is 3.16. The van der Waals surface area contributed by atoms with Gasteiger partial charge in [0.15, 0.2) is 0 Å². The van der Waals surface area contributed by atoms with Crippen LogP contribution in [0.4, 0.5) is 0 Å². The molecule has 1 aromatic rings. The monoisotopic (exact) mass is 296 g/mol. The summed E-state index contributed by atoms with van der Waals surface area (Å²) in [6, 6.07) is 1.79. The Labute approximate surface area is 119 Å². The molecule has 0 radical (unpaired) electrons. The molecule has 1 N–H and O–H groups in total. The van der Waals surface area contributed by atoms with Crippen molar-refractivity contribution in [2.24, 2.45) is 0 Å². The van der Waals surface area contributed by atoms with Gasteiger partial charge in [-0.1, -0.05) is 0 Å². The van der Waals surface area contributed by atoms with Gasteiger partial charge in [0.05, 0.1) is 43.6 Å². The SMILES string of the molecule is COC(=O)c1cc(C(=O)OC)c(C(=O)OC)cc1C(=O)O. The molecule has 112 valence electrons. The number of carbonyl (C=O) groups is 4. The number of hydrogen-bond donors (Lipinski definition) is 1. The number of carboxylic acids is 1. The van der Waals surface area contributed by atoms with E-state index in [9.17, 15) is 19.2 Å². The molecule has 0 saturated carbocycles. The van der Waals surface area contributed by atoms with E-state index in [-0.39, 0.29) is 16.7 Å². The molecule has 0 fully saturated rings. The highest BCUT2D eigenvalue weighted by atomic mass is 16.5. The minimum atomic E-state index is -1.46. The Morgan fingerprint density at radius 1 is 0.714 bits per heavy atom. The van der Waals surface area contributed by atoms with Gasteiger partial charge in [0.1, 0.15) is 0 Å². The molecule has 0 aliphatic heterocycles. The third-order valence-electron chi connectivity index (χ3n) is 2.60. The van der Waals surface area contributed by atoms with Gasteiger partial charge >= 0.3 is 23.9 Å². The van der Waals surface area contributed by atoms with Gasteiger partial charge in [-0.15, -0.1) is 0 Å². The molecule has 0 spiro atoms. The Balaban J connectivity index is 3.69. The Morgan fingerprint density at radius 3 is 1.29 bits per heavy atom. The van der Waals surface area contributed by atoms with Crippen molar-refractivity contribution in [2.75, 3.05) is 21.3 Å². The van der Waals surface area contributed by atoms with Crippen molar-refractivity contribution in [3.05, 3.63) is 34.4 Å². The molecule has 21 heavy (non-hydrogen) atoms. The lowest BCUT2D eigenvalue weighted by Gasteiger charge is -2.11. The van der Waals surface area contributed by atoms with E-state index in [1.807, 2.05) is 0 Å². The first-order chi connectivity index (χ1) is 9.87. The molecule has 8 nitrogen and oxygen atoms in total. The van der Waals surface area contributed by atoms with E-state index in [1.165, 1.54) is 0 Å². The first-order valence-electron chi connectivity index (χ1n) is 5.53. The fourth-order valence-electron chi connectivity index (χ4n) is 1.61. The Bertz CT molecular complexity index is 617. The molecule has 0 aliphatic carbocycles. The molecule has 0 unspecified atom stereocenters. The summed E-state index contributed by atoms with van der Waals surface area (Å²) < 4.78 is 13.4. The van der Waals surface area contributed by atoms with E-state index in [4.69, 9.17) is 5.11 Å². The molecular weight excluding hydrogens is 284 g/mol. The molecule has 0 aliphatic rings. The predicted octanol–water partition coefficient (Wildman–Crippen LogP) is 0.745. The Morgan fingerprint density at radius 2 is 1.00 bits per heavy atom. The summed E-state index contributed by atoms with van der Waals surface area (Å²) in [4.78, 5) is 46.1. The number of benzene rings is 1. The van der Waals surface area contributed by atoms with Crippen molar-refractivity contribution in [3.8, 4) is 0 Å². The van der Waals surface area contributed by atoms with E-state index >= 15 is 0 Å². The molecule has 1 aromatic carbocycles. The van der Waals surface area contributed by atoms with Crippen molar-refractivity contribution in [3.63, 3.8) is 0 Å². The zero-order valence-electron chi connectivity index (χ0n) is 11.5. The maximum Gasteiger partial charge on any atom is 0.338 e. The Hall–Kier alpha value is -2.90. The van der Waals surface area contributed by atoms with Crippen LogP contribution in [0.2, 0.25) is 0 Å². The van der Waals surface area contributed by atoms with Crippen LogP contribution >= 0.6 is 0 Å². The van der Waals surface area contributed by atoms with E-state index in [0.717, 1.165) is 33.5 Å².